The van der Waals surface area contributed by atoms with Crippen LogP contribution in [0.15, 0.2) is 43.1 Å². The molecule has 1 aromatic carbocycles. The van der Waals surface area contributed by atoms with E-state index in [1.54, 1.807) is 25.1 Å². The van der Waals surface area contributed by atoms with Crippen LogP contribution in [0.25, 0.3) is 11.0 Å². The molecule has 6 heteroatoms. The van der Waals surface area contributed by atoms with E-state index in [0.29, 0.717) is 5.58 Å². The third kappa shape index (κ3) is 3.08. The second-order valence-corrected chi connectivity index (χ2v) is 4.80. The number of carbonyl (C=O) groups is 1. The van der Waals surface area contributed by atoms with E-state index in [-0.39, 0.29) is 11.3 Å². The van der Waals surface area contributed by atoms with Crippen LogP contribution in [-0.4, -0.2) is 11.7 Å². The molecule has 2 aromatic rings. The Morgan fingerprint density at radius 2 is 2.05 bits per heavy atom. The Morgan fingerprint density at radius 3 is 2.74 bits per heavy atom. The number of rotatable bonds is 2. The van der Waals surface area contributed by atoms with Crippen molar-refractivity contribution in [1.82, 2.24) is 0 Å². The van der Waals surface area contributed by atoms with E-state index < -0.39 is 11.6 Å². The van der Waals surface area contributed by atoms with Crippen molar-refractivity contribution in [2.75, 3.05) is 0 Å². The van der Waals surface area contributed by atoms with E-state index in [0.717, 1.165) is 9.86 Å². The van der Waals surface area contributed by atoms with Gasteiger partial charge in [-0.2, -0.15) is 0 Å². The highest BCUT2D eigenvalue weighted by molar-refractivity contribution is 9.10. The van der Waals surface area contributed by atoms with Crippen LogP contribution in [0.2, 0.25) is 0 Å². The molecule has 0 aliphatic carbocycles. The summed E-state index contributed by atoms with van der Waals surface area (Å²) in [5.41, 5.74) is 0.498. The van der Waals surface area contributed by atoms with Crippen LogP contribution >= 0.6 is 15.9 Å². The Bertz CT molecular complexity index is 733. The first kappa shape index (κ1) is 13.5. The second-order valence-electron chi connectivity index (χ2n) is 3.89. The van der Waals surface area contributed by atoms with Crippen molar-refractivity contribution < 1.29 is 14.0 Å². The second kappa shape index (κ2) is 5.36. The monoisotopic (exact) mass is 323 g/mol. The van der Waals surface area contributed by atoms with Gasteiger partial charge in [0.25, 0.3) is 0 Å². The number of carbonyl (C=O) groups excluding carboxylic acids is 1. The standard InChI is InChI=1S/C13H10BrNO4/c1-7(15-19-8(2)16)11-6-9-5-10(14)3-4-12(9)18-13(11)17/h3-6H,1-2H3. The fraction of sp³-hybridized carbons (Fsp3) is 0.154. The summed E-state index contributed by atoms with van der Waals surface area (Å²) in [6, 6.07) is 6.95. The number of fused-ring (bicyclic) bond motifs is 1. The predicted molar refractivity (Wildman–Crippen MR) is 74.2 cm³/mol. The number of nitrogens with zero attached hydrogens (tertiary/aromatic N) is 1. The topological polar surface area (TPSA) is 68.9 Å². The molecule has 0 amide bonds. The summed E-state index contributed by atoms with van der Waals surface area (Å²) in [4.78, 5) is 27.0. The normalized spacial score (nSPS) is 11.6. The molecule has 0 fully saturated rings. The van der Waals surface area contributed by atoms with Gasteiger partial charge in [-0.25, -0.2) is 9.59 Å². The highest BCUT2D eigenvalue weighted by atomic mass is 79.9. The quantitative estimate of drug-likeness (QED) is 0.369. The molecule has 0 aliphatic rings. The van der Waals surface area contributed by atoms with E-state index >= 15 is 0 Å². The van der Waals surface area contributed by atoms with Crippen molar-refractivity contribution in [3.8, 4) is 0 Å². The van der Waals surface area contributed by atoms with Crippen molar-refractivity contribution >= 4 is 38.6 Å². The Hall–Kier alpha value is -1.95. The third-order valence-corrected chi connectivity index (χ3v) is 2.89. The molecular weight excluding hydrogens is 314 g/mol. The number of benzene rings is 1. The van der Waals surface area contributed by atoms with Gasteiger partial charge in [0.05, 0.1) is 11.3 Å². The largest absolute Gasteiger partial charge is 0.422 e. The maximum absolute atomic E-state index is 11.8. The number of halogens is 1. The van der Waals surface area contributed by atoms with Gasteiger partial charge in [0.2, 0.25) is 0 Å². The molecule has 1 aromatic heterocycles. The van der Waals surface area contributed by atoms with Crippen molar-refractivity contribution in [1.29, 1.82) is 0 Å². The number of hydrogen-bond donors (Lipinski definition) is 0. The minimum Gasteiger partial charge on any atom is -0.422 e. The minimum absolute atomic E-state index is 0.256. The summed E-state index contributed by atoms with van der Waals surface area (Å²) in [6.07, 6.45) is 0. The van der Waals surface area contributed by atoms with Gasteiger partial charge >= 0.3 is 11.6 Å². The Labute approximate surface area is 117 Å². The number of oxime groups is 1. The fourth-order valence-corrected chi connectivity index (χ4v) is 1.91. The molecule has 98 valence electrons. The highest BCUT2D eigenvalue weighted by Crippen LogP contribution is 2.19. The number of hydrogen-bond acceptors (Lipinski definition) is 5. The summed E-state index contributed by atoms with van der Waals surface area (Å²) in [7, 11) is 0. The van der Waals surface area contributed by atoms with Crippen LogP contribution in [0, 0.1) is 0 Å². The van der Waals surface area contributed by atoms with Gasteiger partial charge in [0.1, 0.15) is 5.58 Å². The molecule has 0 N–H and O–H groups in total. The van der Waals surface area contributed by atoms with Crippen molar-refractivity contribution in [3.63, 3.8) is 0 Å². The maximum atomic E-state index is 11.8. The molecule has 0 radical (unpaired) electrons. The van der Waals surface area contributed by atoms with Crippen LogP contribution in [0.3, 0.4) is 0 Å². The average molecular weight is 324 g/mol. The van der Waals surface area contributed by atoms with Crippen molar-refractivity contribution in [3.05, 3.63) is 44.7 Å². The van der Waals surface area contributed by atoms with Crippen molar-refractivity contribution in [2.24, 2.45) is 5.16 Å². The summed E-state index contributed by atoms with van der Waals surface area (Å²) >= 11 is 3.34. The first-order chi connectivity index (χ1) is 8.97. The summed E-state index contributed by atoms with van der Waals surface area (Å²) in [5, 5.41) is 4.33. The van der Waals surface area contributed by atoms with Gasteiger partial charge in [-0.1, -0.05) is 21.1 Å². The van der Waals surface area contributed by atoms with Crippen LogP contribution in [-0.2, 0) is 9.63 Å². The first-order valence-electron chi connectivity index (χ1n) is 5.43. The molecular formula is C13H10BrNO4. The van der Waals surface area contributed by atoms with Crippen LogP contribution < -0.4 is 5.63 Å². The zero-order chi connectivity index (χ0) is 14.0. The molecule has 2 rings (SSSR count). The molecule has 5 nitrogen and oxygen atoms in total. The molecule has 0 unspecified atom stereocenters. The molecule has 0 atom stereocenters. The Balaban J connectivity index is 2.54. The van der Waals surface area contributed by atoms with Gasteiger partial charge in [-0.15, -0.1) is 0 Å². The molecule has 1 heterocycles. The Kier molecular flexibility index (Phi) is 3.80. The predicted octanol–water partition coefficient (Wildman–Crippen LogP) is 2.84. The summed E-state index contributed by atoms with van der Waals surface area (Å²) in [6.45, 7) is 2.80. The van der Waals surface area contributed by atoms with Gasteiger partial charge in [0, 0.05) is 16.8 Å². The minimum atomic E-state index is -0.549. The van der Waals surface area contributed by atoms with Gasteiger partial charge in [0.15, 0.2) is 0 Å². The van der Waals surface area contributed by atoms with Crippen LogP contribution in [0.4, 0.5) is 0 Å². The zero-order valence-corrected chi connectivity index (χ0v) is 11.9. The van der Waals surface area contributed by atoms with Crippen LogP contribution in [0.1, 0.15) is 19.4 Å². The van der Waals surface area contributed by atoms with E-state index in [4.69, 9.17) is 4.42 Å². The molecule has 0 aliphatic heterocycles. The lowest BCUT2D eigenvalue weighted by Crippen LogP contribution is -2.12. The fourth-order valence-electron chi connectivity index (χ4n) is 1.53. The SMILES string of the molecule is CC(=O)ON=C(C)c1cc2cc(Br)ccc2oc1=O. The third-order valence-electron chi connectivity index (χ3n) is 2.40. The van der Waals surface area contributed by atoms with E-state index in [9.17, 15) is 9.59 Å². The van der Waals surface area contributed by atoms with E-state index in [1.807, 2.05) is 6.07 Å². The zero-order valence-electron chi connectivity index (χ0n) is 10.3. The van der Waals surface area contributed by atoms with Gasteiger partial charge in [-0.3, -0.25) is 0 Å². The van der Waals surface area contributed by atoms with E-state index in [1.165, 1.54) is 6.92 Å². The van der Waals surface area contributed by atoms with E-state index in [2.05, 4.69) is 25.9 Å². The highest BCUT2D eigenvalue weighted by Gasteiger charge is 2.09. The first-order valence-corrected chi connectivity index (χ1v) is 6.22. The molecule has 0 saturated carbocycles. The van der Waals surface area contributed by atoms with Gasteiger partial charge < -0.3 is 9.25 Å². The molecule has 19 heavy (non-hydrogen) atoms. The lowest BCUT2D eigenvalue weighted by molar-refractivity contribution is -0.140. The lowest BCUT2D eigenvalue weighted by atomic mass is 10.1. The maximum Gasteiger partial charge on any atom is 0.345 e. The van der Waals surface area contributed by atoms with Crippen LogP contribution in [0.5, 0.6) is 0 Å². The summed E-state index contributed by atoms with van der Waals surface area (Å²) < 4.78 is 6.05. The Morgan fingerprint density at radius 1 is 1.32 bits per heavy atom. The summed E-state index contributed by atoms with van der Waals surface area (Å²) in [5.74, 6) is -0.549. The van der Waals surface area contributed by atoms with Crippen molar-refractivity contribution in [2.45, 2.75) is 13.8 Å². The lowest BCUT2D eigenvalue weighted by Gasteiger charge is -2.02. The molecule has 0 spiro atoms. The van der Waals surface area contributed by atoms with Gasteiger partial charge in [-0.05, 0) is 31.2 Å². The average Bonchev–Trinajstić information content (AvgIpc) is 2.35. The molecule has 0 saturated heterocycles. The molecule has 0 bridgehead atoms. The smallest absolute Gasteiger partial charge is 0.345 e.